The number of aliphatic hydroxyl groups is 1. The number of hydrogen-bond donors (Lipinski definition) is 2. The number of rotatable bonds is 5. The van der Waals surface area contributed by atoms with Crippen LogP contribution in [0.5, 0.6) is 0 Å². The lowest BCUT2D eigenvalue weighted by Crippen LogP contribution is -2.51. The molecule has 3 N–H and O–H groups in total. The molecule has 4 nitrogen and oxygen atoms in total. The zero-order valence-electron chi connectivity index (χ0n) is 12.6. The average molecular weight is 290 g/mol. The number of morpholine rings is 1. The van der Waals surface area contributed by atoms with E-state index in [4.69, 9.17) is 10.5 Å². The third-order valence-corrected chi connectivity index (χ3v) is 5.07. The monoisotopic (exact) mass is 290 g/mol. The van der Waals surface area contributed by atoms with E-state index >= 15 is 0 Å². The molecule has 2 aliphatic rings. The highest BCUT2D eigenvalue weighted by atomic mass is 16.5. The molecule has 1 aromatic carbocycles. The number of nitrogens with zero attached hydrogens (tertiary/aromatic N) is 1. The van der Waals surface area contributed by atoms with E-state index in [1.54, 1.807) is 0 Å². The van der Waals surface area contributed by atoms with Gasteiger partial charge in [-0.05, 0) is 31.2 Å². The van der Waals surface area contributed by atoms with Gasteiger partial charge in [-0.15, -0.1) is 0 Å². The van der Waals surface area contributed by atoms with Crippen molar-refractivity contribution in [2.24, 2.45) is 5.73 Å². The molecule has 21 heavy (non-hydrogen) atoms. The normalized spacial score (nSPS) is 29.0. The summed E-state index contributed by atoms with van der Waals surface area (Å²) in [5, 5.41) is 9.79. The Bertz CT molecular complexity index is 453. The molecule has 0 bridgehead atoms. The van der Waals surface area contributed by atoms with Crippen LogP contribution >= 0.6 is 0 Å². The minimum atomic E-state index is -0.645. The second-order valence-corrected chi connectivity index (χ2v) is 6.37. The Morgan fingerprint density at radius 3 is 2.86 bits per heavy atom. The molecule has 1 aromatic rings. The summed E-state index contributed by atoms with van der Waals surface area (Å²) in [5.74, 6) is 0. The quantitative estimate of drug-likeness (QED) is 0.862. The highest BCUT2D eigenvalue weighted by Crippen LogP contribution is 2.31. The Morgan fingerprint density at radius 2 is 2.10 bits per heavy atom. The summed E-state index contributed by atoms with van der Waals surface area (Å²) in [5.41, 5.74) is 6.84. The Kier molecular flexibility index (Phi) is 4.60. The van der Waals surface area contributed by atoms with Gasteiger partial charge in [0.1, 0.15) is 0 Å². The van der Waals surface area contributed by atoms with Crippen molar-refractivity contribution < 1.29 is 9.84 Å². The standard InChI is InChI=1S/C17H26N2O2/c18-17(13-20,14-5-2-1-3-6-14)9-10-19-11-12-21-16-8-4-7-15(16)19/h1-3,5-6,15-16,20H,4,7-13,18H2. The fraction of sp³-hybridized carbons (Fsp3) is 0.647. The minimum absolute atomic E-state index is 0.0184. The van der Waals surface area contributed by atoms with Crippen molar-refractivity contribution in [3.8, 4) is 0 Å². The third kappa shape index (κ3) is 3.14. The number of nitrogens with two attached hydrogens (primary N) is 1. The van der Waals surface area contributed by atoms with Crippen LogP contribution in [0.4, 0.5) is 0 Å². The van der Waals surface area contributed by atoms with Crippen molar-refractivity contribution in [3.63, 3.8) is 0 Å². The van der Waals surface area contributed by atoms with Gasteiger partial charge < -0.3 is 15.6 Å². The number of ether oxygens (including phenoxy) is 1. The van der Waals surface area contributed by atoms with Crippen LogP contribution in [0.25, 0.3) is 0 Å². The van der Waals surface area contributed by atoms with Crippen molar-refractivity contribution in [1.82, 2.24) is 4.90 Å². The van der Waals surface area contributed by atoms with Gasteiger partial charge in [-0.3, -0.25) is 4.90 Å². The Labute approximate surface area is 126 Å². The Morgan fingerprint density at radius 1 is 1.29 bits per heavy atom. The smallest absolute Gasteiger partial charge is 0.0730 e. The van der Waals surface area contributed by atoms with Gasteiger partial charge in [0.15, 0.2) is 0 Å². The van der Waals surface area contributed by atoms with E-state index in [0.29, 0.717) is 12.1 Å². The summed E-state index contributed by atoms with van der Waals surface area (Å²) >= 11 is 0. The maximum Gasteiger partial charge on any atom is 0.0730 e. The van der Waals surface area contributed by atoms with Crippen molar-refractivity contribution in [2.45, 2.75) is 43.4 Å². The molecule has 4 heteroatoms. The maximum atomic E-state index is 9.79. The van der Waals surface area contributed by atoms with E-state index in [1.165, 1.54) is 19.3 Å². The van der Waals surface area contributed by atoms with Gasteiger partial charge >= 0.3 is 0 Å². The molecular formula is C17H26N2O2. The van der Waals surface area contributed by atoms with E-state index in [9.17, 15) is 5.11 Å². The lowest BCUT2D eigenvalue weighted by molar-refractivity contribution is -0.0581. The SMILES string of the molecule is NC(CO)(CCN1CCOC2CCCC21)c1ccccc1. The molecule has 3 atom stereocenters. The van der Waals surface area contributed by atoms with Crippen molar-refractivity contribution in [1.29, 1.82) is 0 Å². The molecule has 1 saturated carbocycles. The van der Waals surface area contributed by atoms with E-state index in [2.05, 4.69) is 4.90 Å². The van der Waals surface area contributed by atoms with E-state index < -0.39 is 5.54 Å². The summed E-state index contributed by atoms with van der Waals surface area (Å²) in [6.07, 6.45) is 4.87. The second kappa shape index (κ2) is 6.44. The van der Waals surface area contributed by atoms with Crippen LogP contribution in [0.15, 0.2) is 30.3 Å². The fourth-order valence-electron chi connectivity index (χ4n) is 3.71. The second-order valence-electron chi connectivity index (χ2n) is 6.37. The van der Waals surface area contributed by atoms with Crippen LogP contribution in [0, 0.1) is 0 Å². The molecule has 3 unspecified atom stereocenters. The first-order chi connectivity index (χ1) is 10.2. The average Bonchev–Trinajstić information content (AvgIpc) is 3.02. The predicted molar refractivity (Wildman–Crippen MR) is 83.0 cm³/mol. The van der Waals surface area contributed by atoms with Gasteiger partial charge in [0.25, 0.3) is 0 Å². The Balaban J connectivity index is 1.65. The summed E-state index contributed by atoms with van der Waals surface area (Å²) in [6.45, 7) is 2.71. The van der Waals surface area contributed by atoms with Gasteiger partial charge in [-0.1, -0.05) is 30.3 Å². The van der Waals surface area contributed by atoms with Crippen LogP contribution in [-0.4, -0.2) is 48.5 Å². The molecule has 1 heterocycles. The highest BCUT2D eigenvalue weighted by molar-refractivity contribution is 5.24. The van der Waals surface area contributed by atoms with Crippen molar-refractivity contribution >= 4 is 0 Å². The number of benzene rings is 1. The zero-order chi connectivity index (χ0) is 14.7. The predicted octanol–water partition coefficient (Wildman–Crippen LogP) is 1.48. The summed E-state index contributed by atoms with van der Waals surface area (Å²) in [4.78, 5) is 2.52. The minimum Gasteiger partial charge on any atom is -0.394 e. The first-order valence-electron chi connectivity index (χ1n) is 8.04. The number of hydrogen-bond acceptors (Lipinski definition) is 4. The number of fused-ring (bicyclic) bond motifs is 1. The maximum absolute atomic E-state index is 9.79. The molecule has 1 aliphatic heterocycles. The van der Waals surface area contributed by atoms with E-state index in [1.807, 2.05) is 30.3 Å². The van der Waals surface area contributed by atoms with Crippen molar-refractivity contribution in [2.75, 3.05) is 26.3 Å². The van der Waals surface area contributed by atoms with Crippen LogP contribution in [0.3, 0.4) is 0 Å². The molecule has 1 aliphatic carbocycles. The van der Waals surface area contributed by atoms with Gasteiger partial charge in [-0.25, -0.2) is 0 Å². The molecular weight excluding hydrogens is 264 g/mol. The third-order valence-electron chi connectivity index (χ3n) is 5.07. The molecule has 0 aromatic heterocycles. The van der Waals surface area contributed by atoms with Gasteiger partial charge in [0.05, 0.1) is 24.9 Å². The van der Waals surface area contributed by atoms with Crippen LogP contribution < -0.4 is 5.73 Å². The molecule has 0 radical (unpaired) electrons. The van der Waals surface area contributed by atoms with Crippen LogP contribution in [0.2, 0.25) is 0 Å². The first-order valence-corrected chi connectivity index (χ1v) is 8.04. The highest BCUT2D eigenvalue weighted by Gasteiger charge is 2.37. The van der Waals surface area contributed by atoms with Crippen LogP contribution in [-0.2, 0) is 10.3 Å². The lowest BCUT2D eigenvalue weighted by atomic mass is 9.88. The number of aliphatic hydroxyl groups excluding tert-OH is 1. The van der Waals surface area contributed by atoms with E-state index in [-0.39, 0.29) is 6.61 Å². The molecule has 2 fully saturated rings. The van der Waals surface area contributed by atoms with Crippen LogP contribution in [0.1, 0.15) is 31.2 Å². The summed E-state index contributed by atoms with van der Waals surface area (Å²) < 4.78 is 5.85. The van der Waals surface area contributed by atoms with Gasteiger partial charge in [-0.2, -0.15) is 0 Å². The molecule has 116 valence electrons. The molecule has 3 rings (SSSR count). The molecule has 0 amide bonds. The van der Waals surface area contributed by atoms with E-state index in [0.717, 1.165) is 31.7 Å². The zero-order valence-corrected chi connectivity index (χ0v) is 12.6. The van der Waals surface area contributed by atoms with Gasteiger partial charge in [0, 0.05) is 19.1 Å². The fourth-order valence-corrected chi connectivity index (χ4v) is 3.71. The lowest BCUT2D eigenvalue weighted by Gasteiger charge is -2.39. The topological polar surface area (TPSA) is 58.7 Å². The summed E-state index contributed by atoms with van der Waals surface area (Å²) in [6, 6.07) is 10.5. The Hall–Kier alpha value is -0.940. The molecule has 0 spiro atoms. The first kappa shape index (κ1) is 15.0. The van der Waals surface area contributed by atoms with Crippen molar-refractivity contribution in [3.05, 3.63) is 35.9 Å². The summed E-state index contributed by atoms with van der Waals surface area (Å²) in [7, 11) is 0. The largest absolute Gasteiger partial charge is 0.394 e. The molecule has 1 saturated heterocycles. The van der Waals surface area contributed by atoms with Gasteiger partial charge in [0.2, 0.25) is 0 Å².